The van der Waals surface area contributed by atoms with Crippen molar-refractivity contribution in [2.45, 2.75) is 0 Å². The molecular formula is C9H5FO4. The van der Waals surface area contributed by atoms with Gasteiger partial charge in [-0.15, -0.1) is 0 Å². The highest BCUT2D eigenvalue weighted by Gasteiger charge is 2.13. The maximum Gasteiger partial charge on any atom is 0.522 e. The van der Waals surface area contributed by atoms with Crippen LogP contribution >= 0.6 is 0 Å². The van der Waals surface area contributed by atoms with E-state index in [0.29, 0.717) is 5.56 Å². The molecule has 4 nitrogen and oxygen atoms in total. The Bertz CT molecular complexity index is 494. The molecule has 2 aromatic rings. The van der Waals surface area contributed by atoms with E-state index in [1.807, 2.05) is 0 Å². The van der Waals surface area contributed by atoms with Gasteiger partial charge in [-0.25, -0.2) is 9.18 Å². The Balaban J connectivity index is 2.54. The van der Waals surface area contributed by atoms with Gasteiger partial charge in [0.1, 0.15) is 5.82 Å². The maximum atomic E-state index is 12.5. The van der Waals surface area contributed by atoms with Crippen molar-refractivity contribution in [1.82, 2.24) is 0 Å². The van der Waals surface area contributed by atoms with E-state index in [1.165, 1.54) is 24.3 Å². The molecule has 0 saturated heterocycles. The predicted octanol–water partition coefficient (Wildman–Crippen LogP) is 1.74. The molecule has 14 heavy (non-hydrogen) atoms. The van der Waals surface area contributed by atoms with Crippen LogP contribution in [-0.2, 0) is 0 Å². The van der Waals surface area contributed by atoms with Gasteiger partial charge in [0.25, 0.3) is 0 Å². The lowest BCUT2D eigenvalue weighted by atomic mass is 10.2. The summed E-state index contributed by atoms with van der Waals surface area (Å²) in [6, 6.07) is 5.09. The van der Waals surface area contributed by atoms with Gasteiger partial charge in [-0.05, 0) is 24.3 Å². The molecule has 72 valence electrons. The Kier molecular flexibility index (Phi) is 1.85. The highest BCUT2D eigenvalue weighted by Crippen LogP contribution is 2.27. The molecule has 5 heteroatoms. The number of aromatic hydroxyl groups is 1. The molecule has 0 aliphatic heterocycles. The summed E-state index contributed by atoms with van der Waals surface area (Å²) in [6.45, 7) is 0. The summed E-state index contributed by atoms with van der Waals surface area (Å²) in [6.07, 6.45) is 0. The number of benzene rings is 1. The van der Waals surface area contributed by atoms with Gasteiger partial charge >= 0.3 is 11.8 Å². The second kappa shape index (κ2) is 3.02. The summed E-state index contributed by atoms with van der Waals surface area (Å²) in [7, 11) is 0. The molecule has 0 amide bonds. The standard InChI is InChI=1S/C9H5FO4/c10-6-3-1-5(2-4-6)7-8(11)14-9(12)13-7/h1-4,11H. The van der Waals surface area contributed by atoms with Crippen LogP contribution in [0.1, 0.15) is 0 Å². The molecule has 1 aromatic carbocycles. The minimum atomic E-state index is -0.998. The van der Waals surface area contributed by atoms with Crippen LogP contribution in [0.3, 0.4) is 0 Å². The van der Waals surface area contributed by atoms with E-state index in [-0.39, 0.29) is 5.76 Å². The highest BCUT2D eigenvalue weighted by molar-refractivity contribution is 5.60. The van der Waals surface area contributed by atoms with E-state index >= 15 is 0 Å². The molecule has 0 atom stereocenters. The van der Waals surface area contributed by atoms with Crippen LogP contribution in [0.5, 0.6) is 5.95 Å². The zero-order valence-corrected chi connectivity index (χ0v) is 6.86. The quantitative estimate of drug-likeness (QED) is 0.754. The van der Waals surface area contributed by atoms with E-state index in [4.69, 9.17) is 5.11 Å². The molecule has 0 saturated carbocycles. The van der Waals surface area contributed by atoms with Crippen molar-refractivity contribution in [3.05, 3.63) is 40.7 Å². The van der Waals surface area contributed by atoms with Gasteiger partial charge in [-0.3, -0.25) is 0 Å². The van der Waals surface area contributed by atoms with Gasteiger partial charge in [-0.1, -0.05) is 0 Å². The fourth-order valence-electron chi connectivity index (χ4n) is 1.06. The molecule has 0 spiro atoms. The third-order valence-corrected chi connectivity index (χ3v) is 1.67. The molecule has 0 radical (unpaired) electrons. The lowest BCUT2D eigenvalue weighted by molar-refractivity contribution is 0.303. The van der Waals surface area contributed by atoms with Crippen LogP contribution in [0.25, 0.3) is 11.3 Å². The van der Waals surface area contributed by atoms with Crippen molar-refractivity contribution >= 4 is 0 Å². The molecule has 0 unspecified atom stereocenters. The van der Waals surface area contributed by atoms with E-state index in [0.717, 1.165) is 0 Å². The van der Waals surface area contributed by atoms with Gasteiger partial charge in [0.05, 0.1) is 0 Å². The normalized spacial score (nSPS) is 10.4. The van der Waals surface area contributed by atoms with Crippen molar-refractivity contribution < 1.29 is 18.3 Å². The first-order chi connectivity index (χ1) is 6.66. The van der Waals surface area contributed by atoms with E-state index < -0.39 is 17.6 Å². The largest absolute Gasteiger partial charge is 0.522 e. The smallest absolute Gasteiger partial charge is 0.478 e. The molecule has 1 N–H and O–H groups in total. The molecular weight excluding hydrogens is 191 g/mol. The molecule has 0 aliphatic carbocycles. The van der Waals surface area contributed by atoms with Gasteiger partial charge in [0.2, 0.25) is 5.76 Å². The minimum absolute atomic E-state index is 0.102. The van der Waals surface area contributed by atoms with Gasteiger partial charge in [0, 0.05) is 5.56 Å². The third kappa shape index (κ3) is 1.39. The number of hydrogen-bond acceptors (Lipinski definition) is 4. The fraction of sp³-hybridized carbons (Fsp3) is 0. The first-order valence-electron chi connectivity index (χ1n) is 3.75. The number of halogens is 1. The van der Waals surface area contributed by atoms with Crippen molar-refractivity contribution in [1.29, 1.82) is 0 Å². The Hall–Kier alpha value is -2.04. The van der Waals surface area contributed by atoms with Crippen LogP contribution in [0.4, 0.5) is 4.39 Å². The second-order valence-electron chi connectivity index (χ2n) is 2.60. The molecule has 1 aromatic heterocycles. The predicted molar refractivity (Wildman–Crippen MR) is 44.3 cm³/mol. The lowest BCUT2D eigenvalue weighted by Crippen LogP contribution is -1.85. The van der Waals surface area contributed by atoms with Crippen LogP contribution in [0, 0.1) is 5.82 Å². The summed E-state index contributed by atoms with van der Waals surface area (Å²) in [5.41, 5.74) is 0.370. The van der Waals surface area contributed by atoms with Gasteiger partial charge in [-0.2, -0.15) is 0 Å². The van der Waals surface area contributed by atoms with Crippen molar-refractivity contribution in [3.8, 4) is 17.3 Å². The van der Waals surface area contributed by atoms with Crippen LogP contribution < -0.4 is 5.82 Å². The second-order valence-corrected chi connectivity index (χ2v) is 2.60. The Morgan fingerprint density at radius 2 is 1.79 bits per heavy atom. The fourth-order valence-corrected chi connectivity index (χ4v) is 1.06. The molecule has 0 aliphatic rings. The third-order valence-electron chi connectivity index (χ3n) is 1.67. The van der Waals surface area contributed by atoms with E-state index in [9.17, 15) is 9.18 Å². The zero-order chi connectivity index (χ0) is 10.1. The molecule has 1 heterocycles. The topological polar surface area (TPSA) is 63.6 Å². The van der Waals surface area contributed by atoms with Gasteiger partial charge in [0.15, 0.2) is 0 Å². The van der Waals surface area contributed by atoms with Crippen LogP contribution in [-0.4, -0.2) is 5.11 Å². The first kappa shape index (κ1) is 8.55. The van der Waals surface area contributed by atoms with E-state index in [2.05, 4.69) is 8.83 Å². The molecule has 0 bridgehead atoms. The minimum Gasteiger partial charge on any atom is -0.478 e. The summed E-state index contributed by atoms with van der Waals surface area (Å²) >= 11 is 0. The number of hydrogen-bond donors (Lipinski definition) is 1. The van der Waals surface area contributed by atoms with E-state index in [1.54, 1.807) is 0 Å². The molecule has 0 fully saturated rings. The summed E-state index contributed by atoms with van der Waals surface area (Å²) in [5.74, 6) is -2.13. The zero-order valence-electron chi connectivity index (χ0n) is 6.86. The Morgan fingerprint density at radius 3 is 2.29 bits per heavy atom. The monoisotopic (exact) mass is 196 g/mol. The maximum absolute atomic E-state index is 12.5. The van der Waals surface area contributed by atoms with Crippen molar-refractivity contribution in [2.24, 2.45) is 0 Å². The average Bonchev–Trinajstić information content (AvgIpc) is 2.47. The van der Waals surface area contributed by atoms with Crippen LogP contribution in [0.2, 0.25) is 0 Å². The van der Waals surface area contributed by atoms with Gasteiger partial charge < -0.3 is 13.9 Å². The highest BCUT2D eigenvalue weighted by atomic mass is 19.1. The molecule has 2 rings (SSSR count). The Labute approximate surface area is 77.2 Å². The van der Waals surface area contributed by atoms with Crippen molar-refractivity contribution in [3.63, 3.8) is 0 Å². The van der Waals surface area contributed by atoms with Crippen molar-refractivity contribution in [2.75, 3.05) is 0 Å². The summed E-state index contributed by atoms with van der Waals surface area (Å²) in [5, 5.41) is 9.10. The first-order valence-corrected chi connectivity index (χ1v) is 3.75. The SMILES string of the molecule is O=c1oc(O)c(-c2ccc(F)cc2)o1. The average molecular weight is 196 g/mol. The van der Waals surface area contributed by atoms with Crippen LogP contribution in [0.15, 0.2) is 37.9 Å². The Morgan fingerprint density at radius 1 is 1.14 bits per heavy atom. The summed E-state index contributed by atoms with van der Waals surface area (Å²) in [4.78, 5) is 10.6. The lowest BCUT2D eigenvalue weighted by Gasteiger charge is -1.94. The summed E-state index contributed by atoms with van der Waals surface area (Å²) < 4.78 is 21.3. The number of rotatable bonds is 1.